The number of rotatable bonds is 4. The van der Waals surface area contributed by atoms with Crippen molar-refractivity contribution in [3.8, 4) is 5.75 Å². The second-order valence-electron chi connectivity index (χ2n) is 10.3. The van der Waals surface area contributed by atoms with Gasteiger partial charge in [-0.25, -0.2) is 4.39 Å². The number of hydrogen-bond acceptors (Lipinski definition) is 4. The van der Waals surface area contributed by atoms with E-state index in [1.165, 1.54) is 31.9 Å². The lowest BCUT2D eigenvalue weighted by Crippen LogP contribution is -2.53. The molecule has 2 aliphatic rings. The van der Waals surface area contributed by atoms with E-state index in [-0.39, 0.29) is 24.9 Å². The number of carbonyl (C=O) groups is 1. The van der Waals surface area contributed by atoms with Crippen LogP contribution >= 0.6 is 0 Å². The zero-order valence-corrected chi connectivity index (χ0v) is 18.9. The molecule has 30 heavy (non-hydrogen) atoms. The molecular formula is C24H37FN2O3. The van der Waals surface area contributed by atoms with Crippen LogP contribution in [-0.4, -0.2) is 65.2 Å². The van der Waals surface area contributed by atoms with Gasteiger partial charge >= 0.3 is 0 Å². The minimum atomic E-state index is -1.20. The molecule has 1 saturated carbocycles. The van der Waals surface area contributed by atoms with E-state index in [1.54, 1.807) is 17.0 Å². The van der Waals surface area contributed by atoms with Crippen LogP contribution in [0.25, 0.3) is 0 Å². The highest BCUT2D eigenvalue weighted by molar-refractivity contribution is 5.73. The molecule has 0 radical (unpaired) electrons. The van der Waals surface area contributed by atoms with E-state index >= 15 is 0 Å². The maximum atomic E-state index is 13.5. The third-order valence-electron chi connectivity index (χ3n) is 6.83. The molecule has 1 heterocycles. The van der Waals surface area contributed by atoms with Crippen LogP contribution in [0.4, 0.5) is 4.39 Å². The molecule has 0 bridgehead atoms. The molecule has 6 heteroatoms. The average molecular weight is 421 g/mol. The predicted molar refractivity (Wildman–Crippen MR) is 116 cm³/mol. The van der Waals surface area contributed by atoms with E-state index in [2.05, 4.69) is 25.7 Å². The summed E-state index contributed by atoms with van der Waals surface area (Å²) in [6.45, 7) is 10.6. The summed E-state index contributed by atoms with van der Waals surface area (Å²) >= 11 is 0. The number of halogens is 1. The van der Waals surface area contributed by atoms with E-state index < -0.39 is 5.60 Å². The van der Waals surface area contributed by atoms with E-state index in [0.717, 1.165) is 25.3 Å². The Morgan fingerprint density at radius 2 is 1.90 bits per heavy atom. The normalized spacial score (nSPS) is 28.8. The van der Waals surface area contributed by atoms with Crippen LogP contribution in [0.2, 0.25) is 0 Å². The summed E-state index contributed by atoms with van der Waals surface area (Å²) < 4.78 is 19.2. The Bertz CT molecular complexity index is 727. The topological polar surface area (TPSA) is 53.0 Å². The Balaban J connectivity index is 1.69. The van der Waals surface area contributed by atoms with Gasteiger partial charge in [0.15, 0.2) is 0 Å². The molecule has 1 saturated heterocycles. The third-order valence-corrected chi connectivity index (χ3v) is 6.83. The van der Waals surface area contributed by atoms with Gasteiger partial charge in [-0.3, -0.25) is 9.69 Å². The van der Waals surface area contributed by atoms with Gasteiger partial charge in [-0.15, -0.1) is 0 Å². The molecule has 1 atom stereocenters. The van der Waals surface area contributed by atoms with Crippen molar-refractivity contribution in [2.45, 2.75) is 65.0 Å². The van der Waals surface area contributed by atoms with Crippen molar-refractivity contribution < 1.29 is 19.0 Å². The number of benzene rings is 1. The summed E-state index contributed by atoms with van der Waals surface area (Å²) in [4.78, 5) is 16.1. The van der Waals surface area contributed by atoms with E-state index in [0.29, 0.717) is 30.3 Å². The lowest BCUT2D eigenvalue weighted by molar-refractivity contribution is -0.132. The Labute approximate surface area is 180 Å². The number of nitrogens with zero attached hydrogens (tertiary/aromatic N) is 2. The highest BCUT2D eigenvalue weighted by Crippen LogP contribution is 2.39. The Morgan fingerprint density at radius 1 is 1.20 bits per heavy atom. The second kappa shape index (κ2) is 9.23. The Hall–Kier alpha value is -1.66. The summed E-state index contributed by atoms with van der Waals surface area (Å²) in [6, 6.07) is 6.35. The van der Waals surface area contributed by atoms with Crippen molar-refractivity contribution in [1.82, 2.24) is 9.80 Å². The summed E-state index contributed by atoms with van der Waals surface area (Å²) in [5.41, 5.74) is -0.871. The fourth-order valence-corrected chi connectivity index (χ4v) is 4.94. The van der Waals surface area contributed by atoms with Crippen molar-refractivity contribution in [3.63, 3.8) is 0 Å². The second-order valence-corrected chi connectivity index (χ2v) is 10.3. The third kappa shape index (κ3) is 5.94. The molecule has 5 nitrogen and oxygen atoms in total. The summed E-state index contributed by atoms with van der Waals surface area (Å²) in [5.74, 6) is 0.698. The summed E-state index contributed by atoms with van der Waals surface area (Å²) in [7, 11) is 0. The number of hydrogen-bond donors (Lipinski definition) is 1. The number of carbonyl (C=O) groups excluding carboxylic acids is 1. The molecule has 3 rings (SSSR count). The molecule has 1 aromatic carbocycles. The standard InChI is InChI=1S/C24H37FN2O3/c1-18(28)26-12-13-27(21-10-8-19(9-11-21)23(2,3)4)16-24(29,15-26)17-30-22-7-5-6-20(25)14-22/h5-7,14,19,21,29H,8-13,15-17H2,1-4H3/t19?,21?,24-/m1/s1. The lowest BCUT2D eigenvalue weighted by Gasteiger charge is -2.42. The van der Waals surface area contributed by atoms with Crippen molar-refractivity contribution in [2.24, 2.45) is 11.3 Å². The summed E-state index contributed by atoms with van der Waals surface area (Å²) in [6.07, 6.45) is 4.62. The molecule has 1 aliphatic carbocycles. The summed E-state index contributed by atoms with van der Waals surface area (Å²) in [5, 5.41) is 11.4. The predicted octanol–water partition coefficient (Wildman–Crippen LogP) is 3.70. The van der Waals surface area contributed by atoms with Crippen LogP contribution in [0.3, 0.4) is 0 Å². The van der Waals surface area contributed by atoms with Gasteiger partial charge in [0, 0.05) is 38.7 Å². The zero-order chi connectivity index (χ0) is 21.9. The highest BCUT2D eigenvalue weighted by Gasteiger charge is 2.40. The van der Waals surface area contributed by atoms with E-state index in [4.69, 9.17) is 4.74 Å². The number of β-amino-alcohol motifs (C(OH)–C–C–N with tert-alkyl or cyclic N) is 1. The number of aliphatic hydroxyl groups is 1. The molecule has 1 aliphatic heterocycles. The molecule has 2 fully saturated rings. The van der Waals surface area contributed by atoms with Gasteiger partial charge < -0.3 is 14.7 Å². The van der Waals surface area contributed by atoms with Gasteiger partial charge in [-0.05, 0) is 49.1 Å². The first kappa shape index (κ1) is 23.0. The lowest BCUT2D eigenvalue weighted by atomic mass is 9.71. The van der Waals surface area contributed by atoms with Gasteiger partial charge in [0.25, 0.3) is 0 Å². The van der Waals surface area contributed by atoms with E-state index in [1.807, 2.05) is 0 Å². The smallest absolute Gasteiger partial charge is 0.219 e. The highest BCUT2D eigenvalue weighted by atomic mass is 19.1. The molecule has 1 aromatic rings. The fourth-order valence-electron chi connectivity index (χ4n) is 4.94. The zero-order valence-electron chi connectivity index (χ0n) is 18.9. The van der Waals surface area contributed by atoms with Gasteiger partial charge in [0.2, 0.25) is 5.91 Å². The molecular weight excluding hydrogens is 383 g/mol. The Morgan fingerprint density at radius 3 is 2.50 bits per heavy atom. The monoisotopic (exact) mass is 420 g/mol. The maximum Gasteiger partial charge on any atom is 0.219 e. The van der Waals surface area contributed by atoms with Crippen molar-refractivity contribution >= 4 is 5.91 Å². The quantitative estimate of drug-likeness (QED) is 0.807. The SMILES string of the molecule is CC(=O)N1CCN(C2CCC(C(C)(C)C)CC2)C[C@@](O)(COc2cccc(F)c2)C1. The minimum Gasteiger partial charge on any atom is -0.490 e. The fraction of sp³-hybridized carbons (Fsp3) is 0.708. The molecule has 1 N–H and O–H groups in total. The van der Waals surface area contributed by atoms with Crippen LogP contribution in [0, 0.1) is 17.2 Å². The van der Waals surface area contributed by atoms with Crippen LogP contribution in [0.1, 0.15) is 53.4 Å². The van der Waals surface area contributed by atoms with Crippen LogP contribution in [-0.2, 0) is 4.79 Å². The first-order valence-electron chi connectivity index (χ1n) is 11.2. The first-order chi connectivity index (χ1) is 14.1. The van der Waals surface area contributed by atoms with Crippen LogP contribution in [0.5, 0.6) is 5.75 Å². The Kier molecular flexibility index (Phi) is 7.08. The van der Waals surface area contributed by atoms with Gasteiger partial charge in [0.1, 0.15) is 23.8 Å². The van der Waals surface area contributed by atoms with Crippen molar-refractivity contribution in [1.29, 1.82) is 0 Å². The molecule has 168 valence electrons. The van der Waals surface area contributed by atoms with Crippen molar-refractivity contribution in [2.75, 3.05) is 32.8 Å². The average Bonchev–Trinajstić information content (AvgIpc) is 2.86. The van der Waals surface area contributed by atoms with Gasteiger partial charge in [0.05, 0.1) is 6.54 Å². The molecule has 1 amide bonds. The molecule has 0 unspecified atom stereocenters. The van der Waals surface area contributed by atoms with E-state index in [9.17, 15) is 14.3 Å². The minimum absolute atomic E-state index is 0.0219. The molecule has 0 spiro atoms. The first-order valence-corrected chi connectivity index (χ1v) is 11.2. The molecule has 0 aromatic heterocycles. The number of ether oxygens (including phenoxy) is 1. The maximum absolute atomic E-state index is 13.5. The van der Waals surface area contributed by atoms with Gasteiger partial charge in [-0.1, -0.05) is 26.8 Å². The van der Waals surface area contributed by atoms with Gasteiger partial charge in [-0.2, -0.15) is 0 Å². The largest absolute Gasteiger partial charge is 0.490 e. The van der Waals surface area contributed by atoms with Crippen molar-refractivity contribution in [3.05, 3.63) is 30.1 Å². The van der Waals surface area contributed by atoms with Crippen LogP contribution < -0.4 is 4.74 Å². The van der Waals surface area contributed by atoms with Crippen LogP contribution in [0.15, 0.2) is 24.3 Å². The number of amides is 1.